The first-order valence-corrected chi connectivity index (χ1v) is 13.5. The zero-order valence-corrected chi connectivity index (χ0v) is 26.1. The number of methoxy groups -OCH3 is 1. The van der Waals surface area contributed by atoms with Crippen LogP contribution in [0.2, 0.25) is 0 Å². The van der Waals surface area contributed by atoms with Crippen LogP contribution in [0.5, 0.6) is 11.5 Å². The Balaban J connectivity index is 0.000000756. The van der Waals surface area contributed by atoms with Crippen molar-refractivity contribution in [3.63, 3.8) is 0 Å². The standard InChI is InChI=1S/C29H34BrO2.C5H5.Fe/c1-28(2,3)24-16-21(17-25(27(24)31)29(4,5)6)23(18-26(30)20-10-8-9-11-20)19-12-14-22(32-7)15-13-19;1-2-4-5-3-1;/h8-18,23,31H,1-7H3;1-5H;/q2*-1;+2. The second-order valence-electron chi connectivity index (χ2n) is 11.4. The van der Waals surface area contributed by atoms with Gasteiger partial charge in [0.15, 0.2) is 0 Å². The van der Waals surface area contributed by atoms with Crippen molar-refractivity contribution >= 4 is 20.4 Å². The van der Waals surface area contributed by atoms with Crippen LogP contribution in [-0.2, 0) is 27.9 Å². The molecule has 4 aromatic carbocycles. The quantitative estimate of drug-likeness (QED) is 0.179. The van der Waals surface area contributed by atoms with Crippen molar-refractivity contribution in [3.05, 3.63) is 125 Å². The Bertz CT molecular complexity index is 1220. The number of aromatic hydroxyl groups is 1. The van der Waals surface area contributed by atoms with E-state index in [1.165, 1.54) is 5.56 Å². The maximum atomic E-state index is 11.2. The number of hydrogen-bond donors (Lipinski definition) is 1. The molecular formula is C34H39BrFeO2. The Morgan fingerprint density at radius 3 is 1.76 bits per heavy atom. The average Bonchev–Trinajstić information content (AvgIpc) is 3.59. The fourth-order valence-corrected chi connectivity index (χ4v) is 4.80. The molecule has 202 valence electrons. The predicted molar refractivity (Wildman–Crippen MR) is 161 cm³/mol. The minimum absolute atomic E-state index is 0. The average molecular weight is 615 g/mol. The second kappa shape index (κ2) is 13.5. The summed E-state index contributed by atoms with van der Waals surface area (Å²) in [6, 6.07) is 30.9. The van der Waals surface area contributed by atoms with Gasteiger partial charge in [0.1, 0.15) is 11.5 Å². The van der Waals surface area contributed by atoms with Crippen molar-refractivity contribution in [1.82, 2.24) is 0 Å². The Labute approximate surface area is 248 Å². The maximum absolute atomic E-state index is 11.2. The van der Waals surface area contributed by atoms with E-state index in [4.69, 9.17) is 4.74 Å². The largest absolute Gasteiger partial charge is 2.00 e. The molecule has 4 heteroatoms. The summed E-state index contributed by atoms with van der Waals surface area (Å²) >= 11 is 3.81. The predicted octanol–water partition coefficient (Wildman–Crippen LogP) is 9.69. The number of phenolic OH excluding ortho intramolecular Hbond substituents is 1. The molecule has 2 nitrogen and oxygen atoms in total. The molecule has 0 saturated carbocycles. The minimum Gasteiger partial charge on any atom is -0.507 e. The molecule has 0 aliphatic rings. The SMILES string of the molecule is COc1ccc(C(C=C(Br)[c-]2cccc2)c2cc(C(C)(C)C)c(O)c(C(C)(C)C)c2)cc1.[Fe+2].c1cc[cH-]c1. The topological polar surface area (TPSA) is 29.5 Å². The van der Waals surface area contributed by atoms with Crippen molar-refractivity contribution in [2.24, 2.45) is 0 Å². The molecule has 4 aromatic rings. The van der Waals surface area contributed by atoms with Gasteiger partial charge in [-0.3, -0.25) is 0 Å². The van der Waals surface area contributed by atoms with Gasteiger partial charge in [-0.25, -0.2) is 12.1 Å². The number of rotatable bonds is 5. The number of hydrogen-bond acceptors (Lipinski definition) is 2. The molecule has 0 aromatic heterocycles. The van der Waals surface area contributed by atoms with E-state index in [9.17, 15) is 5.11 Å². The summed E-state index contributed by atoms with van der Waals surface area (Å²) in [7, 11) is 1.68. The second-order valence-corrected chi connectivity index (χ2v) is 12.2. The minimum atomic E-state index is -0.183. The molecule has 0 amide bonds. The molecule has 1 unspecified atom stereocenters. The van der Waals surface area contributed by atoms with Crippen LogP contribution in [0.15, 0.2) is 97.1 Å². The summed E-state index contributed by atoms with van der Waals surface area (Å²) in [6.45, 7) is 12.9. The van der Waals surface area contributed by atoms with Crippen molar-refractivity contribution < 1.29 is 26.9 Å². The maximum Gasteiger partial charge on any atom is 2.00 e. The van der Waals surface area contributed by atoms with Crippen LogP contribution in [0.25, 0.3) is 4.48 Å². The molecule has 0 radical (unpaired) electrons. The fraction of sp³-hybridized carbons (Fsp3) is 0.294. The number of halogens is 1. The van der Waals surface area contributed by atoms with E-state index in [0.717, 1.165) is 32.5 Å². The van der Waals surface area contributed by atoms with Gasteiger partial charge in [-0.2, -0.15) is 30.3 Å². The monoisotopic (exact) mass is 614 g/mol. The Morgan fingerprint density at radius 2 is 1.37 bits per heavy atom. The van der Waals surface area contributed by atoms with E-state index in [-0.39, 0.29) is 33.8 Å². The summed E-state index contributed by atoms with van der Waals surface area (Å²) in [5.41, 5.74) is 5.04. The third-order valence-electron chi connectivity index (χ3n) is 6.39. The van der Waals surface area contributed by atoms with Crippen molar-refractivity contribution in [3.8, 4) is 11.5 Å². The molecule has 0 heterocycles. The zero-order chi connectivity index (χ0) is 27.2. The zero-order valence-electron chi connectivity index (χ0n) is 23.4. The number of allylic oxidation sites excluding steroid dienone is 1. The number of ether oxygens (including phenoxy) is 1. The molecule has 1 atom stereocenters. The smallest absolute Gasteiger partial charge is 0.507 e. The van der Waals surface area contributed by atoms with Gasteiger partial charge in [0.05, 0.1) is 7.11 Å². The van der Waals surface area contributed by atoms with Gasteiger partial charge >= 0.3 is 17.1 Å². The van der Waals surface area contributed by atoms with Gasteiger partial charge in [0, 0.05) is 0 Å². The van der Waals surface area contributed by atoms with Crippen LogP contribution < -0.4 is 4.74 Å². The van der Waals surface area contributed by atoms with Gasteiger partial charge in [-0.05, 0) is 51.1 Å². The molecule has 0 saturated heterocycles. The summed E-state index contributed by atoms with van der Waals surface area (Å²) in [6.07, 6.45) is 2.25. The first-order chi connectivity index (χ1) is 17.4. The first-order valence-electron chi connectivity index (χ1n) is 12.7. The van der Waals surface area contributed by atoms with Gasteiger partial charge < -0.3 is 9.84 Å². The van der Waals surface area contributed by atoms with E-state index in [0.29, 0.717) is 5.75 Å². The van der Waals surface area contributed by atoms with Crippen LogP contribution in [0, 0.1) is 0 Å². The molecule has 4 rings (SSSR count). The van der Waals surface area contributed by atoms with Crippen molar-refractivity contribution in [2.45, 2.75) is 58.3 Å². The Kier molecular flexibility index (Phi) is 11.3. The van der Waals surface area contributed by atoms with Gasteiger partial charge in [0.25, 0.3) is 0 Å². The molecule has 0 bridgehead atoms. The molecule has 0 fully saturated rings. The summed E-state index contributed by atoms with van der Waals surface area (Å²) in [5, 5.41) is 11.2. The van der Waals surface area contributed by atoms with E-state index in [1.807, 2.05) is 54.6 Å². The van der Waals surface area contributed by atoms with E-state index >= 15 is 0 Å². The molecule has 0 aliphatic heterocycles. The normalized spacial score (nSPS) is 12.7. The third-order valence-corrected chi connectivity index (χ3v) is 7.11. The molecule has 38 heavy (non-hydrogen) atoms. The summed E-state index contributed by atoms with van der Waals surface area (Å²) in [4.78, 5) is 0. The van der Waals surface area contributed by atoms with Gasteiger partial charge in [0.2, 0.25) is 0 Å². The van der Waals surface area contributed by atoms with Gasteiger partial charge in [-0.1, -0.05) is 86.2 Å². The molecule has 1 N–H and O–H groups in total. The van der Waals surface area contributed by atoms with Crippen LogP contribution >= 0.6 is 15.9 Å². The first kappa shape index (κ1) is 31.7. The number of benzene rings is 2. The molecule has 0 aliphatic carbocycles. The number of phenols is 1. The van der Waals surface area contributed by atoms with Gasteiger partial charge in [-0.15, -0.1) is 23.8 Å². The van der Waals surface area contributed by atoms with E-state index < -0.39 is 0 Å². The summed E-state index contributed by atoms with van der Waals surface area (Å²) in [5.74, 6) is 1.25. The van der Waals surface area contributed by atoms with E-state index in [1.54, 1.807) is 7.11 Å². The Hall–Kier alpha value is -2.52. The summed E-state index contributed by atoms with van der Waals surface area (Å²) < 4.78 is 6.43. The van der Waals surface area contributed by atoms with Crippen LogP contribution in [0.4, 0.5) is 0 Å². The van der Waals surface area contributed by atoms with E-state index in [2.05, 4.69) is 99.9 Å². The third kappa shape index (κ3) is 8.24. The Morgan fingerprint density at radius 1 is 0.868 bits per heavy atom. The van der Waals surface area contributed by atoms with Crippen molar-refractivity contribution in [1.29, 1.82) is 0 Å². The van der Waals surface area contributed by atoms with Crippen LogP contribution in [0.3, 0.4) is 0 Å². The molecule has 0 spiro atoms. The van der Waals surface area contributed by atoms with Crippen molar-refractivity contribution in [2.75, 3.05) is 7.11 Å². The fourth-order valence-electron chi connectivity index (χ4n) is 4.27. The van der Waals surface area contributed by atoms with Crippen LogP contribution in [0.1, 0.15) is 75.3 Å². The van der Waals surface area contributed by atoms with Crippen LogP contribution in [-0.4, -0.2) is 12.2 Å². The molecular weight excluding hydrogens is 576 g/mol.